The second-order valence-electron chi connectivity index (χ2n) is 8.27. The Hall–Kier alpha value is -3.69. The fraction of sp³-hybridized carbons (Fsp3) is 0.192. The van der Waals surface area contributed by atoms with Gasteiger partial charge in [0.25, 0.3) is 11.8 Å². The molecular formula is C26H27ClN4O4S. The lowest BCUT2D eigenvalue weighted by Gasteiger charge is -2.24. The molecular weight excluding hydrogens is 500 g/mol. The Morgan fingerprint density at radius 3 is 2.33 bits per heavy atom. The van der Waals surface area contributed by atoms with Crippen molar-refractivity contribution in [1.29, 1.82) is 0 Å². The molecule has 0 aromatic heterocycles. The molecule has 0 saturated carbocycles. The molecule has 2 N–H and O–H groups in total. The maximum Gasteiger partial charge on any atom is 0.260 e. The quantitative estimate of drug-likeness (QED) is 0.332. The van der Waals surface area contributed by atoms with Crippen molar-refractivity contribution in [3.63, 3.8) is 0 Å². The summed E-state index contributed by atoms with van der Waals surface area (Å²) in [5.74, 6) is -0.907. The van der Waals surface area contributed by atoms with Crippen molar-refractivity contribution in [3.8, 4) is 0 Å². The van der Waals surface area contributed by atoms with Gasteiger partial charge < -0.3 is 5.32 Å². The molecule has 36 heavy (non-hydrogen) atoms. The normalized spacial score (nSPS) is 11.6. The van der Waals surface area contributed by atoms with Gasteiger partial charge in [-0.3, -0.25) is 13.9 Å². The lowest BCUT2D eigenvalue weighted by molar-refractivity contribution is -0.119. The van der Waals surface area contributed by atoms with E-state index in [4.69, 9.17) is 11.6 Å². The monoisotopic (exact) mass is 526 g/mol. The van der Waals surface area contributed by atoms with Crippen molar-refractivity contribution in [2.24, 2.45) is 5.10 Å². The number of carbonyl (C=O) groups excluding carboxylic acids is 2. The van der Waals surface area contributed by atoms with E-state index in [1.54, 1.807) is 74.5 Å². The van der Waals surface area contributed by atoms with Gasteiger partial charge in [0.2, 0.25) is 10.0 Å². The summed E-state index contributed by atoms with van der Waals surface area (Å²) in [5.41, 5.74) is 6.64. The molecule has 3 aromatic rings. The maximum atomic E-state index is 12.6. The number of hydrogen-bond donors (Lipinski definition) is 2. The molecule has 3 aromatic carbocycles. The number of nitrogens with one attached hydrogen (secondary N) is 2. The minimum atomic E-state index is -3.71. The molecule has 0 atom stereocenters. The van der Waals surface area contributed by atoms with E-state index < -0.39 is 22.5 Å². The zero-order valence-corrected chi connectivity index (χ0v) is 21.9. The Labute approximate surface area is 216 Å². The number of rotatable bonds is 8. The molecule has 0 aliphatic heterocycles. The molecule has 3 rings (SSSR count). The van der Waals surface area contributed by atoms with E-state index in [1.165, 1.54) is 0 Å². The number of amides is 2. The van der Waals surface area contributed by atoms with Gasteiger partial charge in [-0.1, -0.05) is 41.9 Å². The van der Waals surface area contributed by atoms with Gasteiger partial charge in [0.05, 0.1) is 17.7 Å². The third-order valence-corrected chi connectivity index (χ3v) is 6.87. The highest BCUT2D eigenvalue weighted by Gasteiger charge is 2.22. The molecule has 188 valence electrons. The Morgan fingerprint density at radius 1 is 0.972 bits per heavy atom. The van der Waals surface area contributed by atoms with Crippen molar-refractivity contribution in [1.82, 2.24) is 5.43 Å². The lowest BCUT2D eigenvalue weighted by Crippen LogP contribution is -2.39. The molecule has 0 fully saturated rings. The van der Waals surface area contributed by atoms with E-state index >= 15 is 0 Å². The number of carbonyl (C=O) groups is 2. The van der Waals surface area contributed by atoms with Crippen LogP contribution in [0.2, 0.25) is 5.02 Å². The summed E-state index contributed by atoms with van der Waals surface area (Å²) in [5, 5.41) is 7.38. The minimum Gasteiger partial charge on any atom is -0.322 e. The molecule has 2 amide bonds. The first-order valence-electron chi connectivity index (χ1n) is 11.0. The summed E-state index contributed by atoms with van der Waals surface area (Å²) in [7, 11) is -3.71. The summed E-state index contributed by atoms with van der Waals surface area (Å²) in [6.45, 7) is 4.95. The molecule has 0 aliphatic carbocycles. The Kier molecular flexibility index (Phi) is 8.49. The number of benzene rings is 3. The summed E-state index contributed by atoms with van der Waals surface area (Å²) in [6, 6.07) is 18.9. The highest BCUT2D eigenvalue weighted by atomic mass is 35.5. The predicted octanol–water partition coefficient (Wildman–Crippen LogP) is 4.52. The van der Waals surface area contributed by atoms with Gasteiger partial charge in [-0.15, -0.1) is 0 Å². The fourth-order valence-corrected chi connectivity index (χ4v) is 4.52. The van der Waals surface area contributed by atoms with Crippen molar-refractivity contribution in [2.45, 2.75) is 20.8 Å². The molecule has 0 radical (unpaired) electrons. The van der Waals surface area contributed by atoms with Crippen LogP contribution < -0.4 is 15.0 Å². The van der Waals surface area contributed by atoms with Crippen LogP contribution in [0.3, 0.4) is 0 Å². The van der Waals surface area contributed by atoms with E-state index in [0.717, 1.165) is 21.7 Å². The van der Waals surface area contributed by atoms with Gasteiger partial charge in [0.15, 0.2) is 0 Å². The number of sulfonamides is 1. The largest absolute Gasteiger partial charge is 0.322 e. The van der Waals surface area contributed by atoms with Gasteiger partial charge in [-0.25, -0.2) is 13.8 Å². The first kappa shape index (κ1) is 26.9. The molecule has 10 heteroatoms. The van der Waals surface area contributed by atoms with Gasteiger partial charge in [-0.05, 0) is 73.9 Å². The van der Waals surface area contributed by atoms with Crippen molar-refractivity contribution >= 4 is 50.5 Å². The number of hydrogen-bond acceptors (Lipinski definition) is 5. The third kappa shape index (κ3) is 6.93. The molecule has 0 aliphatic rings. The van der Waals surface area contributed by atoms with Crippen molar-refractivity contribution in [2.75, 3.05) is 22.4 Å². The minimum absolute atomic E-state index is 0.315. The third-order valence-electron chi connectivity index (χ3n) is 5.51. The van der Waals surface area contributed by atoms with Crippen LogP contribution in [0.1, 0.15) is 34.0 Å². The molecule has 8 nitrogen and oxygen atoms in total. The van der Waals surface area contributed by atoms with Crippen molar-refractivity contribution in [3.05, 3.63) is 94.0 Å². The summed E-state index contributed by atoms with van der Waals surface area (Å²) in [6.07, 6.45) is 1.06. The van der Waals surface area contributed by atoms with E-state index in [1.807, 2.05) is 13.0 Å². The first-order valence-corrected chi connectivity index (χ1v) is 13.2. The van der Waals surface area contributed by atoms with Crippen LogP contribution in [0.25, 0.3) is 0 Å². The number of halogens is 1. The lowest BCUT2D eigenvalue weighted by atomic mass is 10.1. The Morgan fingerprint density at radius 2 is 1.64 bits per heavy atom. The van der Waals surface area contributed by atoms with E-state index in [-0.39, 0.29) is 5.91 Å². The van der Waals surface area contributed by atoms with Gasteiger partial charge in [-0.2, -0.15) is 5.10 Å². The van der Waals surface area contributed by atoms with Crippen LogP contribution in [-0.2, 0) is 14.8 Å². The zero-order valence-electron chi connectivity index (χ0n) is 20.4. The molecule has 0 heterocycles. The van der Waals surface area contributed by atoms with Gasteiger partial charge in [0.1, 0.15) is 6.54 Å². The highest BCUT2D eigenvalue weighted by Crippen LogP contribution is 2.24. The first-order chi connectivity index (χ1) is 17.0. The van der Waals surface area contributed by atoms with E-state index in [0.29, 0.717) is 33.2 Å². The van der Waals surface area contributed by atoms with Gasteiger partial charge >= 0.3 is 0 Å². The Balaban J connectivity index is 1.71. The average molecular weight is 527 g/mol. The van der Waals surface area contributed by atoms with Gasteiger partial charge in [0, 0.05) is 16.3 Å². The van der Waals surface area contributed by atoms with E-state index in [9.17, 15) is 18.0 Å². The number of anilines is 2. The van der Waals surface area contributed by atoms with Crippen LogP contribution in [0, 0.1) is 13.8 Å². The topological polar surface area (TPSA) is 108 Å². The van der Waals surface area contributed by atoms with Crippen LogP contribution in [0.15, 0.2) is 71.8 Å². The fourth-order valence-electron chi connectivity index (χ4n) is 3.42. The Bertz CT molecular complexity index is 1440. The standard InChI is InChI=1S/C26H27ClN4O4S/c1-17-8-5-13-24(18(17)2)31(36(4,34)35)16-25(32)30-29-19(3)20-9-7-12-23(15-20)28-26(33)21-10-6-11-22(27)14-21/h5-15H,16H2,1-4H3,(H,28,33)(H,30,32)/b29-19-. The van der Waals surface area contributed by atoms with Crippen molar-refractivity contribution < 1.29 is 18.0 Å². The summed E-state index contributed by atoms with van der Waals surface area (Å²) in [4.78, 5) is 25.1. The molecule has 0 bridgehead atoms. The maximum absolute atomic E-state index is 12.6. The molecule has 0 spiro atoms. The second kappa shape index (κ2) is 11.4. The summed E-state index contributed by atoms with van der Waals surface area (Å²) >= 11 is 5.96. The smallest absolute Gasteiger partial charge is 0.260 e. The highest BCUT2D eigenvalue weighted by molar-refractivity contribution is 7.92. The predicted molar refractivity (Wildman–Crippen MR) is 144 cm³/mol. The number of aryl methyl sites for hydroxylation is 1. The second-order valence-corrected chi connectivity index (χ2v) is 10.6. The van der Waals surface area contributed by atoms with Crippen LogP contribution >= 0.6 is 11.6 Å². The average Bonchev–Trinajstić information content (AvgIpc) is 2.82. The molecule has 0 saturated heterocycles. The zero-order chi connectivity index (χ0) is 26.5. The van der Waals surface area contributed by atoms with Crippen LogP contribution in [0.4, 0.5) is 11.4 Å². The van der Waals surface area contributed by atoms with Crippen LogP contribution in [-0.4, -0.2) is 38.7 Å². The van der Waals surface area contributed by atoms with Crippen LogP contribution in [0.5, 0.6) is 0 Å². The SMILES string of the molecule is C/C(=N/NC(=O)CN(c1cccc(C)c1C)S(C)(=O)=O)c1cccc(NC(=O)c2cccc(Cl)c2)c1. The number of hydrazone groups is 1. The van der Waals surface area contributed by atoms with E-state index in [2.05, 4.69) is 15.8 Å². The number of nitrogens with zero attached hydrogens (tertiary/aromatic N) is 2. The molecule has 0 unspecified atom stereocenters. The summed E-state index contributed by atoms with van der Waals surface area (Å²) < 4.78 is 25.9.